The Kier molecular flexibility index (Phi) is 6.67. The van der Waals surface area contributed by atoms with Crippen molar-refractivity contribution in [1.82, 2.24) is 10.2 Å². The van der Waals surface area contributed by atoms with Crippen LogP contribution in [0.15, 0.2) is 24.3 Å². The van der Waals surface area contributed by atoms with Crippen molar-refractivity contribution in [2.75, 3.05) is 33.8 Å². The van der Waals surface area contributed by atoms with Gasteiger partial charge in [0.05, 0.1) is 0 Å². The Hall–Kier alpha value is -1.06. The molecule has 1 aromatic carbocycles. The van der Waals surface area contributed by atoms with E-state index in [4.69, 9.17) is 4.74 Å². The molecule has 1 aromatic rings. The minimum atomic E-state index is 0.737. The van der Waals surface area contributed by atoms with Crippen LogP contribution in [0, 0.1) is 0 Å². The maximum Gasteiger partial charge on any atom is 0.119 e. The Morgan fingerprint density at radius 2 is 1.88 bits per heavy atom. The lowest BCUT2D eigenvalue weighted by atomic mass is 10.2. The van der Waals surface area contributed by atoms with Crippen LogP contribution in [0.1, 0.15) is 18.9 Å². The Balaban J connectivity index is 2.29. The molecule has 0 spiro atoms. The smallest absolute Gasteiger partial charge is 0.119 e. The highest BCUT2D eigenvalue weighted by atomic mass is 16.5. The number of hydrogen-bond donors (Lipinski definition) is 1. The third-order valence-corrected chi connectivity index (χ3v) is 2.49. The molecule has 0 heterocycles. The van der Waals surface area contributed by atoms with Gasteiger partial charge >= 0.3 is 0 Å². The van der Waals surface area contributed by atoms with E-state index in [1.54, 1.807) is 0 Å². The van der Waals surface area contributed by atoms with Gasteiger partial charge in [0.25, 0.3) is 0 Å². The molecular formula is C14H24N2O. The fourth-order valence-electron chi connectivity index (χ4n) is 1.46. The van der Waals surface area contributed by atoms with E-state index in [1.807, 2.05) is 26.2 Å². The van der Waals surface area contributed by atoms with Crippen molar-refractivity contribution in [1.29, 1.82) is 0 Å². The zero-order valence-corrected chi connectivity index (χ0v) is 11.2. The second-order valence-corrected chi connectivity index (χ2v) is 4.47. The molecule has 0 atom stereocenters. The fraction of sp³-hybridized carbons (Fsp3) is 0.571. The van der Waals surface area contributed by atoms with Crippen molar-refractivity contribution < 1.29 is 4.74 Å². The Morgan fingerprint density at radius 1 is 1.18 bits per heavy atom. The van der Waals surface area contributed by atoms with Gasteiger partial charge in [0.15, 0.2) is 0 Å². The van der Waals surface area contributed by atoms with E-state index in [-0.39, 0.29) is 0 Å². The second-order valence-electron chi connectivity index (χ2n) is 4.47. The molecule has 3 heteroatoms. The van der Waals surface area contributed by atoms with Crippen LogP contribution in [0.2, 0.25) is 0 Å². The molecule has 1 N–H and O–H groups in total. The van der Waals surface area contributed by atoms with Crippen molar-refractivity contribution in [2.45, 2.75) is 19.9 Å². The van der Waals surface area contributed by atoms with Gasteiger partial charge in [-0.15, -0.1) is 0 Å². The highest BCUT2D eigenvalue weighted by molar-refractivity contribution is 5.27. The molecule has 1 rings (SSSR count). The lowest BCUT2D eigenvalue weighted by Gasteiger charge is -2.11. The Labute approximate surface area is 105 Å². The van der Waals surface area contributed by atoms with E-state index in [9.17, 15) is 0 Å². The molecule has 0 unspecified atom stereocenters. The summed E-state index contributed by atoms with van der Waals surface area (Å²) < 4.78 is 5.64. The largest absolute Gasteiger partial charge is 0.492 e. The summed E-state index contributed by atoms with van der Waals surface area (Å²) in [6.07, 6.45) is 1.17. The van der Waals surface area contributed by atoms with Crippen molar-refractivity contribution in [3.8, 4) is 5.75 Å². The summed E-state index contributed by atoms with van der Waals surface area (Å²) in [5.74, 6) is 0.950. The predicted octanol–water partition coefficient (Wildman–Crippen LogP) is 2.13. The summed E-state index contributed by atoms with van der Waals surface area (Å²) in [5, 5.41) is 3.38. The first-order valence-electron chi connectivity index (χ1n) is 6.29. The Morgan fingerprint density at radius 3 is 2.47 bits per heavy atom. The monoisotopic (exact) mass is 236 g/mol. The van der Waals surface area contributed by atoms with Crippen LogP contribution < -0.4 is 10.1 Å². The summed E-state index contributed by atoms with van der Waals surface area (Å²) in [6, 6.07) is 8.32. The average Bonchev–Trinajstić information content (AvgIpc) is 2.31. The van der Waals surface area contributed by atoms with Gasteiger partial charge < -0.3 is 15.0 Å². The maximum absolute atomic E-state index is 5.64. The van der Waals surface area contributed by atoms with Crippen molar-refractivity contribution >= 4 is 0 Å². The predicted molar refractivity (Wildman–Crippen MR) is 72.5 cm³/mol. The topological polar surface area (TPSA) is 24.5 Å². The molecule has 0 aromatic heterocycles. The van der Waals surface area contributed by atoms with Crippen molar-refractivity contribution in [3.63, 3.8) is 0 Å². The SMILES string of the molecule is CCCNCc1ccc(OCCN(C)C)cc1. The highest BCUT2D eigenvalue weighted by Gasteiger charge is 1.96. The number of ether oxygens (including phenoxy) is 1. The number of nitrogens with one attached hydrogen (secondary N) is 1. The normalized spacial score (nSPS) is 10.8. The molecule has 0 bridgehead atoms. The van der Waals surface area contributed by atoms with E-state index < -0.39 is 0 Å². The first-order valence-corrected chi connectivity index (χ1v) is 6.29. The summed E-state index contributed by atoms with van der Waals surface area (Å²) >= 11 is 0. The molecule has 0 saturated heterocycles. The van der Waals surface area contributed by atoms with Gasteiger partial charge in [-0.2, -0.15) is 0 Å². The van der Waals surface area contributed by atoms with E-state index >= 15 is 0 Å². The van der Waals surface area contributed by atoms with Crippen LogP contribution in [0.25, 0.3) is 0 Å². The van der Waals surface area contributed by atoms with Gasteiger partial charge in [-0.3, -0.25) is 0 Å². The van der Waals surface area contributed by atoms with Crippen LogP contribution in [0.4, 0.5) is 0 Å². The number of rotatable bonds is 8. The van der Waals surface area contributed by atoms with Gasteiger partial charge in [0.1, 0.15) is 12.4 Å². The summed E-state index contributed by atoms with van der Waals surface area (Å²) in [4.78, 5) is 2.11. The summed E-state index contributed by atoms with van der Waals surface area (Å²) in [6.45, 7) is 5.86. The summed E-state index contributed by atoms with van der Waals surface area (Å²) in [7, 11) is 4.09. The fourth-order valence-corrected chi connectivity index (χ4v) is 1.46. The molecule has 96 valence electrons. The van der Waals surface area contributed by atoms with Crippen LogP contribution in [-0.2, 0) is 6.54 Å². The summed E-state index contributed by atoms with van der Waals surface area (Å²) in [5.41, 5.74) is 1.30. The number of hydrogen-bond acceptors (Lipinski definition) is 3. The zero-order valence-electron chi connectivity index (χ0n) is 11.2. The molecule has 17 heavy (non-hydrogen) atoms. The minimum Gasteiger partial charge on any atom is -0.492 e. The quantitative estimate of drug-likeness (QED) is 0.700. The Bertz CT molecular complexity index is 296. The average molecular weight is 236 g/mol. The number of likely N-dealkylation sites (N-methyl/N-ethyl adjacent to an activating group) is 1. The maximum atomic E-state index is 5.64. The molecule has 0 aliphatic heterocycles. The van der Waals surface area contributed by atoms with Crippen LogP contribution in [-0.4, -0.2) is 38.7 Å². The third-order valence-electron chi connectivity index (χ3n) is 2.49. The first-order chi connectivity index (χ1) is 8.22. The van der Waals surface area contributed by atoms with E-state index in [0.29, 0.717) is 0 Å². The standard InChI is InChI=1S/C14H24N2O/c1-4-9-15-12-13-5-7-14(8-6-13)17-11-10-16(2)3/h5-8,15H,4,9-12H2,1-3H3. The molecule has 0 amide bonds. The van der Waals surface area contributed by atoms with Crippen molar-refractivity contribution in [3.05, 3.63) is 29.8 Å². The molecule has 0 radical (unpaired) electrons. The van der Waals surface area contributed by atoms with Gasteiger partial charge in [-0.1, -0.05) is 19.1 Å². The first kappa shape index (κ1) is 14.0. The number of benzene rings is 1. The van der Waals surface area contributed by atoms with Gasteiger partial charge in [0, 0.05) is 13.1 Å². The molecular weight excluding hydrogens is 212 g/mol. The lowest BCUT2D eigenvalue weighted by molar-refractivity contribution is 0.261. The number of nitrogens with zero attached hydrogens (tertiary/aromatic N) is 1. The van der Waals surface area contributed by atoms with Crippen LogP contribution >= 0.6 is 0 Å². The molecule has 3 nitrogen and oxygen atoms in total. The van der Waals surface area contributed by atoms with Crippen LogP contribution in [0.3, 0.4) is 0 Å². The second kappa shape index (κ2) is 8.09. The lowest BCUT2D eigenvalue weighted by Crippen LogP contribution is -2.19. The zero-order chi connectivity index (χ0) is 12.5. The van der Waals surface area contributed by atoms with Crippen LogP contribution in [0.5, 0.6) is 5.75 Å². The van der Waals surface area contributed by atoms with Gasteiger partial charge in [0.2, 0.25) is 0 Å². The van der Waals surface area contributed by atoms with Gasteiger partial charge in [-0.05, 0) is 44.8 Å². The molecule has 0 aliphatic rings. The third kappa shape index (κ3) is 6.29. The van der Waals surface area contributed by atoms with E-state index in [0.717, 1.165) is 32.0 Å². The molecule has 0 saturated carbocycles. The van der Waals surface area contributed by atoms with E-state index in [1.165, 1.54) is 12.0 Å². The molecule has 0 fully saturated rings. The molecule has 0 aliphatic carbocycles. The van der Waals surface area contributed by atoms with Crippen molar-refractivity contribution in [2.24, 2.45) is 0 Å². The highest BCUT2D eigenvalue weighted by Crippen LogP contribution is 2.11. The van der Waals surface area contributed by atoms with Gasteiger partial charge in [-0.25, -0.2) is 0 Å². The minimum absolute atomic E-state index is 0.737. The van der Waals surface area contributed by atoms with E-state index in [2.05, 4.69) is 29.3 Å².